The predicted molar refractivity (Wildman–Crippen MR) is 84.8 cm³/mol. The summed E-state index contributed by atoms with van der Waals surface area (Å²) >= 11 is 0. The lowest BCUT2D eigenvalue weighted by atomic mass is 10.2. The number of nitrogens with one attached hydrogen (secondary N) is 1. The number of sulfonamides is 1. The molecule has 0 aromatic rings. The van der Waals surface area contributed by atoms with Gasteiger partial charge in [0, 0.05) is 25.7 Å². The highest BCUT2D eigenvalue weighted by Crippen LogP contribution is 2.36. The lowest BCUT2D eigenvalue weighted by Crippen LogP contribution is -2.43. The van der Waals surface area contributed by atoms with Crippen molar-refractivity contribution in [2.45, 2.75) is 57.5 Å². The first-order valence-electron chi connectivity index (χ1n) is 8.26. The van der Waals surface area contributed by atoms with Crippen LogP contribution in [0.2, 0.25) is 0 Å². The molecule has 0 spiro atoms. The fraction of sp³-hybridized carbons (Fsp3) is 1.00. The normalized spacial score (nSPS) is 20.9. The number of hydrogen-bond acceptors (Lipinski definition) is 4. The summed E-state index contributed by atoms with van der Waals surface area (Å²) in [5, 5.41) is 3.43. The molecule has 2 fully saturated rings. The summed E-state index contributed by atoms with van der Waals surface area (Å²) < 4.78 is 31.9. The van der Waals surface area contributed by atoms with Gasteiger partial charge in [0.05, 0.1) is 12.4 Å². The molecular formula is C15H30N2O3S. The Morgan fingerprint density at radius 1 is 1.24 bits per heavy atom. The zero-order chi connectivity index (χ0) is 15.3. The average Bonchev–Trinajstić information content (AvgIpc) is 3.30. The van der Waals surface area contributed by atoms with Crippen LogP contribution in [-0.4, -0.2) is 57.4 Å². The molecule has 2 rings (SSSR count). The highest BCUT2D eigenvalue weighted by molar-refractivity contribution is 7.89. The van der Waals surface area contributed by atoms with Crippen LogP contribution >= 0.6 is 0 Å². The smallest absolute Gasteiger partial charge is 0.214 e. The Hall–Kier alpha value is -0.170. The van der Waals surface area contributed by atoms with Crippen molar-refractivity contribution >= 4 is 10.0 Å². The van der Waals surface area contributed by atoms with Gasteiger partial charge in [-0.3, -0.25) is 0 Å². The Balaban J connectivity index is 1.76. The molecule has 0 amide bonds. The van der Waals surface area contributed by atoms with E-state index in [0.29, 0.717) is 25.1 Å². The number of hydrogen-bond donors (Lipinski definition) is 1. The second-order valence-electron chi connectivity index (χ2n) is 6.43. The van der Waals surface area contributed by atoms with Crippen LogP contribution in [0.5, 0.6) is 0 Å². The Bertz CT molecular complexity index is 405. The van der Waals surface area contributed by atoms with Gasteiger partial charge in [-0.05, 0) is 57.9 Å². The van der Waals surface area contributed by atoms with Crippen molar-refractivity contribution < 1.29 is 13.2 Å². The van der Waals surface area contributed by atoms with Crippen molar-refractivity contribution in [2.75, 3.05) is 32.6 Å². The maximum Gasteiger partial charge on any atom is 0.214 e. The first kappa shape index (κ1) is 17.2. The highest BCUT2D eigenvalue weighted by atomic mass is 32.2. The van der Waals surface area contributed by atoms with Crippen LogP contribution in [0, 0.1) is 5.92 Å². The minimum atomic E-state index is -3.16. The molecule has 0 bridgehead atoms. The van der Waals surface area contributed by atoms with Gasteiger partial charge in [-0.2, -0.15) is 4.31 Å². The lowest BCUT2D eigenvalue weighted by molar-refractivity contribution is 0.164. The molecule has 1 atom stereocenters. The minimum absolute atomic E-state index is 0.120. The average molecular weight is 318 g/mol. The second-order valence-corrected chi connectivity index (χ2v) is 8.47. The van der Waals surface area contributed by atoms with E-state index >= 15 is 0 Å². The molecule has 21 heavy (non-hydrogen) atoms. The SMILES string of the molecule is COCCN(C(C)C1CC1)S(=O)(=O)CCCCNC1CC1. The van der Waals surface area contributed by atoms with Crippen molar-refractivity contribution in [1.29, 1.82) is 0 Å². The highest BCUT2D eigenvalue weighted by Gasteiger charge is 2.37. The van der Waals surface area contributed by atoms with Crippen molar-refractivity contribution in [1.82, 2.24) is 9.62 Å². The molecule has 124 valence electrons. The number of methoxy groups -OCH3 is 1. The molecule has 2 aliphatic rings. The fourth-order valence-corrected chi connectivity index (χ4v) is 4.55. The van der Waals surface area contributed by atoms with Crippen molar-refractivity contribution in [3.8, 4) is 0 Å². The third-order valence-corrected chi connectivity index (χ3v) is 6.51. The van der Waals surface area contributed by atoms with E-state index in [1.807, 2.05) is 6.92 Å². The second kappa shape index (κ2) is 7.90. The zero-order valence-electron chi connectivity index (χ0n) is 13.4. The molecule has 0 aromatic heterocycles. The molecule has 1 unspecified atom stereocenters. The largest absolute Gasteiger partial charge is 0.383 e. The number of nitrogens with zero attached hydrogens (tertiary/aromatic N) is 1. The quantitative estimate of drug-likeness (QED) is 0.555. The maximum atomic E-state index is 12.6. The molecule has 0 aliphatic heterocycles. The van der Waals surface area contributed by atoms with Crippen molar-refractivity contribution in [3.63, 3.8) is 0 Å². The van der Waals surface area contributed by atoms with E-state index in [4.69, 9.17) is 4.74 Å². The maximum absolute atomic E-state index is 12.6. The molecule has 5 nitrogen and oxygen atoms in total. The monoisotopic (exact) mass is 318 g/mol. The summed E-state index contributed by atoms with van der Waals surface area (Å²) in [5.41, 5.74) is 0. The Kier molecular flexibility index (Phi) is 6.47. The molecule has 1 N–H and O–H groups in total. The van der Waals surface area contributed by atoms with Crippen LogP contribution in [0.15, 0.2) is 0 Å². The van der Waals surface area contributed by atoms with E-state index in [-0.39, 0.29) is 11.8 Å². The summed E-state index contributed by atoms with van der Waals surface area (Å²) in [5.74, 6) is 0.813. The number of rotatable bonds is 12. The molecule has 0 aromatic carbocycles. The predicted octanol–water partition coefficient (Wildman–Crippen LogP) is 1.60. The first-order chi connectivity index (χ1) is 10.0. The summed E-state index contributed by atoms with van der Waals surface area (Å²) in [4.78, 5) is 0. The minimum Gasteiger partial charge on any atom is -0.383 e. The van der Waals surface area contributed by atoms with Crippen LogP contribution in [0.3, 0.4) is 0 Å². The third-order valence-electron chi connectivity index (χ3n) is 4.47. The van der Waals surface area contributed by atoms with E-state index in [2.05, 4.69) is 5.32 Å². The molecule has 6 heteroatoms. The Morgan fingerprint density at radius 2 is 1.95 bits per heavy atom. The zero-order valence-corrected chi connectivity index (χ0v) is 14.2. The van der Waals surface area contributed by atoms with Gasteiger partial charge in [-0.25, -0.2) is 8.42 Å². The fourth-order valence-electron chi connectivity index (χ4n) is 2.71. The first-order valence-corrected chi connectivity index (χ1v) is 9.87. The summed E-state index contributed by atoms with van der Waals surface area (Å²) in [6.45, 7) is 3.94. The van der Waals surface area contributed by atoms with Crippen LogP contribution in [-0.2, 0) is 14.8 Å². The van der Waals surface area contributed by atoms with E-state index in [9.17, 15) is 8.42 Å². The van der Waals surface area contributed by atoms with Gasteiger partial charge in [-0.1, -0.05) is 0 Å². The van der Waals surface area contributed by atoms with Gasteiger partial charge in [-0.15, -0.1) is 0 Å². The lowest BCUT2D eigenvalue weighted by Gasteiger charge is -2.28. The van der Waals surface area contributed by atoms with Crippen LogP contribution in [0.4, 0.5) is 0 Å². The van der Waals surface area contributed by atoms with Gasteiger partial charge < -0.3 is 10.1 Å². The Morgan fingerprint density at radius 3 is 2.52 bits per heavy atom. The standard InChI is InChI=1S/C15H30N2O3S/c1-13(14-5-6-14)17(10-11-20-2)21(18,19)12-4-3-9-16-15-7-8-15/h13-16H,3-12H2,1-2H3. The van der Waals surface area contributed by atoms with E-state index in [1.54, 1.807) is 11.4 Å². The van der Waals surface area contributed by atoms with E-state index in [0.717, 1.165) is 32.2 Å². The molecule has 0 heterocycles. The Labute approximate surface area is 129 Å². The van der Waals surface area contributed by atoms with Crippen LogP contribution in [0.25, 0.3) is 0 Å². The molecule has 0 radical (unpaired) electrons. The molecule has 2 saturated carbocycles. The van der Waals surface area contributed by atoms with Gasteiger partial charge in [0.1, 0.15) is 0 Å². The third kappa shape index (κ3) is 5.85. The van der Waals surface area contributed by atoms with Gasteiger partial charge in [0.25, 0.3) is 0 Å². The molecular weight excluding hydrogens is 288 g/mol. The van der Waals surface area contributed by atoms with Crippen LogP contribution in [0.1, 0.15) is 45.4 Å². The summed E-state index contributed by atoms with van der Waals surface area (Å²) in [6.07, 6.45) is 6.55. The van der Waals surface area contributed by atoms with Crippen molar-refractivity contribution in [2.24, 2.45) is 5.92 Å². The molecule has 0 saturated heterocycles. The van der Waals surface area contributed by atoms with Gasteiger partial charge in [0.2, 0.25) is 10.0 Å². The van der Waals surface area contributed by atoms with Gasteiger partial charge >= 0.3 is 0 Å². The van der Waals surface area contributed by atoms with E-state index in [1.165, 1.54) is 12.8 Å². The number of ether oxygens (including phenoxy) is 1. The van der Waals surface area contributed by atoms with E-state index < -0.39 is 10.0 Å². The van der Waals surface area contributed by atoms with Crippen molar-refractivity contribution in [3.05, 3.63) is 0 Å². The number of unbranched alkanes of at least 4 members (excludes halogenated alkanes) is 1. The molecule has 2 aliphatic carbocycles. The van der Waals surface area contributed by atoms with Crippen LogP contribution < -0.4 is 5.32 Å². The summed E-state index contributed by atoms with van der Waals surface area (Å²) in [6, 6.07) is 0.824. The topological polar surface area (TPSA) is 58.6 Å². The van der Waals surface area contributed by atoms with Gasteiger partial charge in [0.15, 0.2) is 0 Å². The summed E-state index contributed by atoms with van der Waals surface area (Å²) in [7, 11) is -1.54.